The second kappa shape index (κ2) is 11.0. The van der Waals surface area contributed by atoms with Crippen molar-refractivity contribution in [3.05, 3.63) is 118 Å². The molecule has 2 atom stereocenters. The molecule has 0 amide bonds. The van der Waals surface area contributed by atoms with E-state index < -0.39 is 5.60 Å². The van der Waals surface area contributed by atoms with Crippen LogP contribution >= 0.6 is 27.7 Å². The van der Waals surface area contributed by atoms with Crippen LogP contribution in [-0.2, 0) is 5.60 Å². The lowest BCUT2D eigenvalue weighted by Gasteiger charge is -2.39. The van der Waals surface area contributed by atoms with Crippen molar-refractivity contribution in [1.82, 2.24) is 9.88 Å². The van der Waals surface area contributed by atoms with Crippen molar-refractivity contribution in [3.63, 3.8) is 0 Å². The molecule has 5 heteroatoms. The van der Waals surface area contributed by atoms with Crippen molar-refractivity contribution in [2.75, 3.05) is 26.9 Å². The Morgan fingerprint density at radius 1 is 0.892 bits per heavy atom. The van der Waals surface area contributed by atoms with E-state index in [1.807, 2.05) is 18.2 Å². The number of pyridine rings is 1. The minimum atomic E-state index is -1.18. The summed E-state index contributed by atoms with van der Waals surface area (Å²) in [5.41, 5.74) is 2.83. The molecule has 0 saturated carbocycles. The normalized spacial score (nSPS) is 14.2. The second-order valence-corrected chi connectivity index (χ2v) is 11.5. The lowest BCUT2D eigenvalue weighted by Crippen LogP contribution is -2.38. The number of halogens is 1. The molecule has 4 aromatic carbocycles. The van der Waals surface area contributed by atoms with Crippen LogP contribution in [0, 0.1) is 0 Å². The van der Waals surface area contributed by atoms with Crippen LogP contribution in [0.5, 0.6) is 0 Å². The van der Waals surface area contributed by atoms with Crippen molar-refractivity contribution in [2.45, 2.75) is 23.0 Å². The van der Waals surface area contributed by atoms with Gasteiger partial charge in [-0.15, -0.1) is 11.8 Å². The summed E-state index contributed by atoms with van der Waals surface area (Å²) in [6, 6.07) is 33.4. The highest BCUT2D eigenvalue weighted by Crippen LogP contribution is 2.48. The van der Waals surface area contributed by atoms with E-state index in [1.165, 1.54) is 0 Å². The summed E-state index contributed by atoms with van der Waals surface area (Å²) in [7, 11) is 4.12. The van der Waals surface area contributed by atoms with Crippen LogP contribution in [0.1, 0.15) is 29.0 Å². The molecule has 3 nitrogen and oxygen atoms in total. The first kappa shape index (κ1) is 25.9. The van der Waals surface area contributed by atoms with Gasteiger partial charge in [0.05, 0.1) is 5.52 Å². The Bertz CT molecular complexity index is 1530. The molecule has 5 rings (SSSR count). The van der Waals surface area contributed by atoms with Gasteiger partial charge in [0.25, 0.3) is 0 Å². The lowest BCUT2D eigenvalue weighted by molar-refractivity contribution is 0.00512. The fraction of sp³-hybridized carbons (Fsp3) is 0.219. The third-order valence-corrected chi connectivity index (χ3v) is 8.29. The van der Waals surface area contributed by atoms with Crippen molar-refractivity contribution < 1.29 is 5.11 Å². The van der Waals surface area contributed by atoms with Gasteiger partial charge >= 0.3 is 0 Å². The fourth-order valence-electron chi connectivity index (χ4n) is 5.31. The average Bonchev–Trinajstić information content (AvgIpc) is 2.92. The molecule has 0 aliphatic carbocycles. The summed E-state index contributed by atoms with van der Waals surface area (Å²) in [5, 5.41) is 17.3. The van der Waals surface area contributed by atoms with E-state index in [4.69, 9.17) is 4.98 Å². The minimum Gasteiger partial charge on any atom is -0.384 e. The molecule has 0 saturated heterocycles. The number of hydrogen-bond acceptors (Lipinski definition) is 4. The first-order valence-corrected chi connectivity index (χ1v) is 14.5. The van der Waals surface area contributed by atoms with Crippen LogP contribution in [0.15, 0.2) is 107 Å². The molecule has 0 unspecified atom stereocenters. The SMILES string of the molecule is CSc1nc2ccc(Br)cc2cc1[C@@H](c1ccccc1)[C@](O)(CCN(C)C)c1cccc2ccccc12. The van der Waals surface area contributed by atoms with Gasteiger partial charge in [-0.2, -0.15) is 0 Å². The maximum Gasteiger partial charge on any atom is 0.102 e. The van der Waals surface area contributed by atoms with E-state index in [0.717, 1.165) is 54.4 Å². The Morgan fingerprint density at radius 3 is 2.38 bits per heavy atom. The second-order valence-electron chi connectivity index (χ2n) is 9.77. The van der Waals surface area contributed by atoms with Gasteiger partial charge in [0.15, 0.2) is 0 Å². The Labute approximate surface area is 231 Å². The smallest absolute Gasteiger partial charge is 0.102 e. The standard InChI is InChI=1S/C32H31BrN2OS/c1-35(2)19-18-32(36,28-15-9-13-22-10-7-8-14-26(22)28)30(23-11-5-4-6-12-23)27-21-24-20-25(33)16-17-29(24)34-31(27)37-3/h4-17,20-21,30,36H,18-19H2,1-3H3/t30-,32+/m1/s1. The number of rotatable bonds is 8. The number of thioether (sulfide) groups is 1. The van der Waals surface area contributed by atoms with Gasteiger partial charge in [0.2, 0.25) is 0 Å². The predicted octanol–water partition coefficient (Wildman–Crippen LogP) is 7.84. The van der Waals surface area contributed by atoms with Crippen LogP contribution in [0.2, 0.25) is 0 Å². The zero-order chi connectivity index (χ0) is 26.0. The molecular formula is C32H31BrN2OS. The quantitative estimate of drug-likeness (QED) is 0.193. The molecular weight excluding hydrogens is 540 g/mol. The number of aromatic nitrogens is 1. The molecule has 37 heavy (non-hydrogen) atoms. The van der Waals surface area contributed by atoms with E-state index >= 15 is 0 Å². The Balaban J connectivity index is 1.84. The fourth-order valence-corrected chi connectivity index (χ4v) is 6.29. The van der Waals surface area contributed by atoms with E-state index in [9.17, 15) is 5.11 Å². The maximum atomic E-state index is 13.1. The third-order valence-electron chi connectivity index (χ3n) is 7.08. The van der Waals surface area contributed by atoms with Gasteiger partial charge in [-0.3, -0.25) is 0 Å². The molecule has 5 aromatic rings. The van der Waals surface area contributed by atoms with E-state index in [1.54, 1.807) is 11.8 Å². The summed E-state index contributed by atoms with van der Waals surface area (Å²) in [6.07, 6.45) is 2.63. The van der Waals surface area contributed by atoms with Crippen molar-refractivity contribution >= 4 is 49.4 Å². The number of fused-ring (bicyclic) bond motifs is 2. The summed E-state index contributed by atoms with van der Waals surface area (Å²) < 4.78 is 1.01. The lowest BCUT2D eigenvalue weighted by atomic mass is 9.71. The Hall–Kier alpha value is -2.70. The van der Waals surface area contributed by atoms with Gasteiger partial charge in [-0.05, 0) is 78.5 Å². The zero-order valence-electron chi connectivity index (χ0n) is 21.4. The monoisotopic (exact) mass is 570 g/mol. The van der Waals surface area contributed by atoms with Crippen LogP contribution in [0.4, 0.5) is 0 Å². The highest BCUT2D eigenvalue weighted by Gasteiger charge is 2.42. The van der Waals surface area contributed by atoms with E-state index in [0.29, 0.717) is 6.42 Å². The molecule has 0 aliphatic heterocycles. The van der Waals surface area contributed by atoms with Crippen LogP contribution < -0.4 is 0 Å². The van der Waals surface area contributed by atoms with Crippen molar-refractivity contribution in [1.29, 1.82) is 0 Å². The largest absolute Gasteiger partial charge is 0.384 e. The molecule has 0 spiro atoms. The predicted molar refractivity (Wildman–Crippen MR) is 161 cm³/mol. The highest BCUT2D eigenvalue weighted by molar-refractivity contribution is 9.10. The summed E-state index contributed by atoms with van der Waals surface area (Å²) in [4.78, 5) is 7.21. The Kier molecular flexibility index (Phi) is 7.68. The van der Waals surface area contributed by atoms with Crippen LogP contribution in [0.25, 0.3) is 21.7 Å². The van der Waals surface area contributed by atoms with Gasteiger partial charge in [-0.25, -0.2) is 4.98 Å². The summed E-state index contributed by atoms with van der Waals surface area (Å²) in [5.74, 6) is -0.321. The van der Waals surface area contributed by atoms with Gasteiger partial charge in [0, 0.05) is 22.3 Å². The maximum absolute atomic E-state index is 13.1. The van der Waals surface area contributed by atoms with Crippen molar-refractivity contribution in [2.24, 2.45) is 0 Å². The van der Waals surface area contributed by atoms with Crippen LogP contribution in [-0.4, -0.2) is 41.9 Å². The van der Waals surface area contributed by atoms with Crippen LogP contribution in [0.3, 0.4) is 0 Å². The molecule has 0 radical (unpaired) electrons. The Morgan fingerprint density at radius 2 is 1.62 bits per heavy atom. The highest BCUT2D eigenvalue weighted by atomic mass is 79.9. The molecule has 0 bridgehead atoms. The van der Waals surface area contributed by atoms with Gasteiger partial charge in [-0.1, -0.05) is 88.7 Å². The van der Waals surface area contributed by atoms with Crippen molar-refractivity contribution in [3.8, 4) is 0 Å². The summed E-state index contributed by atoms with van der Waals surface area (Å²) in [6.45, 7) is 0.740. The summed E-state index contributed by atoms with van der Waals surface area (Å²) >= 11 is 5.26. The zero-order valence-corrected chi connectivity index (χ0v) is 23.8. The molecule has 1 aromatic heterocycles. The molecule has 1 N–H and O–H groups in total. The number of benzene rings is 4. The molecule has 0 aliphatic rings. The molecule has 188 valence electrons. The van der Waals surface area contributed by atoms with E-state index in [2.05, 4.69) is 120 Å². The first-order valence-electron chi connectivity index (χ1n) is 12.4. The van der Waals surface area contributed by atoms with Gasteiger partial charge < -0.3 is 10.0 Å². The topological polar surface area (TPSA) is 36.4 Å². The average molecular weight is 572 g/mol. The van der Waals surface area contributed by atoms with E-state index in [-0.39, 0.29) is 5.92 Å². The number of aliphatic hydroxyl groups is 1. The number of nitrogens with zero attached hydrogens (tertiary/aromatic N) is 2. The third kappa shape index (κ3) is 5.19. The minimum absolute atomic E-state index is 0.321. The first-order chi connectivity index (χ1) is 17.9. The number of hydrogen-bond donors (Lipinski definition) is 1. The molecule has 0 fully saturated rings. The van der Waals surface area contributed by atoms with Gasteiger partial charge in [0.1, 0.15) is 10.6 Å². The molecule has 1 heterocycles.